The number of rotatable bonds is 4. The molecule has 0 aliphatic carbocycles. The van der Waals surface area contributed by atoms with E-state index in [1.54, 1.807) is 4.90 Å². The molecule has 31 heavy (non-hydrogen) atoms. The molecule has 1 aromatic rings. The van der Waals surface area contributed by atoms with Crippen LogP contribution in [0.15, 0.2) is 24.3 Å². The molecule has 3 aliphatic heterocycles. The van der Waals surface area contributed by atoms with E-state index in [1.807, 2.05) is 36.1 Å². The number of hydrogen-bond acceptors (Lipinski definition) is 3. The fraction of sp³-hybridized carbons (Fsp3) is 0.640. The van der Waals surface area contributed by atoms with E-state index < -0.39 is 0 Å². The summed E-state index contributed by atoms with van der Waals surface area (Å²) in [5.41, 5.74) is 2.01. The molecule has 6 nitrogen and oxygen atoms in total. The average molecular weight is 426 g/mol. The summed E-state index contributed by atoms with van der Waals surface area (Å²) in [7, 11) is 0. The Morgan fingerprint density at radius 1 is 0.935 bits per heavy atom. The zero-order chi connectivity index (χ0) is 22.0. The third kappa shape index (κ3) is 4.63. The molecule has 3 fully saturated rings. The van der Waals surface area contributed by atoms with Gasteiger partial charge in [0.15, 0.2) is 0 Å². The number of hydrogen-bond donors (Lipinski definition) is 0. The molecule has 0 unspecified atom stereocenters. The van der Waals surface area contributed by atoms with E-state index in [0.29, 0.717) is 31.6 Å². The molecule has 6 heteroatoms. The Morgan fingerprint density at radius 3 is 2.32 bits per heavy atom. The van der Waals surface area contributed by atoms with Crippen LogP contribution < -0.4 is 4.90 Å². The number of anilines is 1. The highest BCUT2D eigenvalue weighted by Crippen LogP contribution is 2.30. The maximum atomic E-state index is 13.1. The maximum absolute atomic E-state index is 13.1. The molecule has 3 amide bonds. The summed E-state index contributed by atoms with van der Waals surface area (Å²) in [4.78, 5) is 44.5. The number of aryl methyl sites for hydroxylation is 1. The molecule has 0 saturated carbocycles. The predicted octanol–water partition coefficient (Wildman–Crippen LogP) is 3.38. The molecule has 168 valence electrons. The minimum atomic E-state index is -0.285. The number of carbonyl (C=O) groups excluding carboxylic acids is 3. The Morgan fingerprint density at radius 2 is 1.65 bits per heavy atom. The van der Waals surface area contributed by atoms with Crippen LogP contribution in [0.3, 0.4) is 0 Å². The van der Waals surface area contributed by atoms with Crippen LogP contribution in [0.5, 0.6) is 0 Å². The van der Waals surface area contributed by atoms with Gasteiger partial charge in [0.1, 0.15) is 0 Å². The Bertz CT molecular complexity index is 814. The van der Waals surface area contributed by atoms with Crippen LogP contribution in [-0.2, 0) is 14.4 Å². The van der Waals surface area contributed by atoms with E-state index in [4.69, 9.17) is 0 Å². The molecule has 3 heterocycles. The highest BCUT2D eigenvalue weighted by atomic mass is 16.2. The summed E-state index contributed by atoms with van der Waals surface area (Å²) in [6.45, 7) is 6.76. The van der Waals surface area contributed by atoms with E-state index in [1.165, 1.54) is 6.42 Å². The van der Waals surface area contributed by atoms with Gasteiger partial charge in [-0.15, -0.1) is 0 Å². The summed E-state index contributed by atoms with van der Waals surface area (Å²) >= 11 is 0. The van der Waals surface area contributed by atoms with Gasteiger partial charge in [-0.25, -0.2) is 0 Å². The minimum absolute atomic E-state index is 0.0166. The molecular weight excluding hydrogens is 390 g/mol. The Hall–Kier alpha value is -2.37. The van der Waals surface area contributed by atoms with Gasteiger partial charge in [0.05, 0.1) is 5.92 Å². The quantitative estimate of drug-likeness (QED) is 0.743. The first-order chi connectivity index (χ1) is 15.0. The second-order valence-corrected chi connectivity index (χ2v) is 9.43. The minimum Gasteiger partial charge on any atom is -0.342 e. The van der Waals surface area contributed by atoms with Crippen molar-refractivity contribution < 1.29 is 14.4 Å². The first-order valence-electron chi connectivity index (χ1n) is 11.9. The third-order valence-electron chi connectivity index (χ3n) is 7.36. The van der Waals surface area contributed by atoms with Crippen molar-refractivity contribution in [1.82, 2.24) is 9.80 Å². The maximum Gasteiger partial charge on any atom is 0.228 e. The topological polar surface area (TPSA) is 60.9 Å². The molecule has 2 atom stereocenters. The molecule has 0 spiro atoms. The zero-order valence-corrected chi connectivity index (χ0v) is 18.9. The second kappa shape index (κ2) is 9.41. The van der Waals surface area contributed by atoms with Gasteiger partial charge in [0.2, 0.25) is 17.7 Å². The molecular formula is C25H35N3O3. The van der Waals surface area contributed by atoms with Crippen LogP contribution in [0.25, 0.3) is 0 Å². The normalized spacial score (nSPS) is 25.2. The van der Waals surface area contributed by atoms with Crippen molar-refractivity contribution in [3.8, 4) is 0 Å². The summed E-state index contributed by atoms with van der Waals surface area (Å²) in [5.74, 6) is 0.125. The van der Waals surface area contributed by atoms with Gasteiger partial charge >= 0.3 is 0 Å². The van der Waals surface area contributed by atoms with Crippen molar-refractivity contribution >= 4 is 23.4 Å². The van der Waals surface area contributed by atoms with Crippen molar-refractivity contribution in [2.75, 3.05) is 31.1 Å². The van der Waals surface area contributed by atoms with Crippen LogP contribution in [0.4, 0.5) is 5.69 Å². The lowest BCUT2D eigenvalue weighted by atomic mass is 9.91. The molecule has 0 N–H and O–H groups in total. The van der Waals surface area contributed by atoms with Crippen LogP contribution in [0, 0.1) is 18.8 Å². The van der Waals surface area contributed by atoms with Crippen LogP contribution in [-0.4, -0.2) is 59.7 Å². The number of carbonyl (C=O) groups is 3. The lowest BCUT2D eigenvalue weighted by Crippen LogP contribution is -2.50. The fourth-order valence-corrected chi connectivity index (χ4v) is 5.40. The van der Waals surface area contributed by atoms with Crippen LogP contribution in [0.1, 0.15) is 57.4 Å². The predicted molar refractivity (Wildman–Crippen MR) is 121 cm³/mol. The van der Waals surface area contributed by atoms with Gasteiger partial charge in [0.25, 0.3) is 0 Å². The first kappa shape index (κ1) is 21.8. The van der Waals surface area contributed by atoms with Crippen molar-refractivity contribution in [3.63, 3.8) is 0 Å². The molecule has 3 aliphatic rings. The monoisotopic (exact) mass is 425 g/mol. The molecule has 0 bridgehead atoms. The molecule has 0 aromatic heterocycles. The van der Waals surface area contributed by atoms with E-state index in [9.17, 15) is 14.4 Å². The van der Waals surface area contributed by atoms with E-state index in [0.717, 1.165) is 49.9 Å². The smallest absolute Gasteiger partial charge is 0.228 e. The molecule has 0 radical (unpaired) electrons. The summed E-state index contributed by atoms with van der Waals surface area (Å²) in [5, 5.41) is 0. The van der Waals surface area contributed by atoms with Gasteiger partial charge in [-0.2, -0.15) is 0 Å². The molecule has 3 saturated heterocycles. The van der Waals surface area contributed by atoms with Crippen molar-refractivity contribution in [2.45, 2.75) is 64.8 Å². The van der Waals surface area contributed by atoms with E-state index in [2.05, 4.69) is 11.8 Å². The average Bonchev–Trinajstić information content (AvgIpc) is 3.20. The van der Waals surface area contributed by atoms with Crippen molar-refractivity contribution in [2.24, 2.45) is 11.8 Å². The second-order valence-electron chi connectivity index (χ2n) is 9.43. The van der Waals surface area contributed by atoms with Gasteiger partial charge in [-0.3, -0.25) is 14.4 Å². The highest BCUT2D eigenvalue weighted by molar-refractivity contribution is 6.00. The lowest BCUT2D eigenvalue weighted by Gasteiger charge is -2.40. The lowest BCUT2D eigenvalue weighted by molar-refractivity contribution is -0.144. The Labute approximate surface area is 185 Å². The van der Waals surface area contributed by atoms with Gasteiger partial charge in [-0.1, -0.05) is 24.6 Å². The summed E-state index contributed by atoms with van der Waals surface area (Å²) in [6.07, 6.45) is 6.21. The summed E-state index contributed by atoms with van der Waals surface area (Å²) < 4.78 is 0. The summed E-state index contributed by atoms with van der Waals surface area (Å²) in [6, 6.07) is 8.26. The van der Waals surface area contributed by atoms with Crippen molar-refractivity contribution in [3.05, 3.63) is 29.8 Å². The van der Waals surface area contributed by atoms with E-state index in [-0.39, 0.29) is 30.1 Å². The standard InChI is InChI=1S/C25H35N3O3/c1-3-21-6-4-5-13-27(21)25(31)19-11-14-26(15-12-19)24(30)20-16-23(29)28(17-20)22-9-7-18(2)8-10-22/h7-10,19-21H,3-6,11-17H2,1-2H3/t20-,21+/m0/s1. The molecule has 1 aromatic carbocycles. The SMILES string of the molecule is CC[C@@H]1CCCCN1C(=O)C1CCN(C(=O)[C@H]2CC(=O)N(c3ccc(C)cc3)C2)CC1. The molecule has 4 rings (SSSR count). The van der Waals surface area contributed by atoms with E-state index >= 15 is 0 Å². The number of likely N-dealkylation sites (tertiary alicyclic amines) is 2. The Balaban J connectivity index is 1.31. The Kier molecular flexibility index (Phi) is 6.63. The fourth-order valence-electron chi connectivity index (χ4n) is 5.40. The van der Waals surface area contributed by atoms with Gasteiger partial charge < -0.3 is 14.7 Å². The van der Waals surface area contributed by atoms with Gasteiger partial charge in [-0.05, 0) is 57.6 Å². The van der Waals surface area contributed by atoms with Crippen LogP contribution >= 0.6 is 0 Å². The third-order valence-corrected chi connectivity index (χ3v) is 7.36. The first-order valence-corrected chi connectivity index (χ1v) is 11.9. The number of piperidine rings is 2. The zero-order valence-electron chi connectivity index (χ0n) is 18.9. The largest absolute Gasteiger partial charge is 0.342 e. The highest BCUT2D eigenvalue weighted by Gasteiger charge is 2.39. The van der Waals surface area contributed by atoms with Crippen molar-refractivity contribution in [1.29, 1.82) is 0 Å². The number of benzene rings is 1. The van der Waals surface area contributed by atoms with Gasteiger partial charge in [0, 0.05) is 50.2 Å². The number of nitrogens with zero attached hydrogens (tertiary/aromatic N) is 3. The number of amides is 3. The van der Waals surface area contributed by atoms with Crippen LogP contribution in [0.2, 0.25) is 0 Å².